The lowest BCUT2D eigenvalue weighted by molar-refractivity contribution is -0.116. The lowest BCUT2D eigenvalue weighted by atomic mass is 10.2. The number of benzene rings is 2. The van der Waals surface area contributed by atoms with Crippen molar-refractivity contribution in [2.45, 2.75) is 19.9 Å². The van der Waals surface area contributed by atoms with Crippen molar-refractivity contribution in [2.24, 2.45) is 0 Å². The van der Waals surface area contributed by atoms with Crippen molar-refractivity contribution in [3.63, 3.8) is 0 Å². The summed E-state index contributed by atoms with van der Waals surface area (Å²) < 4.78 is 5.46. The maximum atomic E-state index is 12.4. The van der Waals surface area contributed by atoms with Gasteiger partial charge in [-0.05, 0) is 49.4 Å². The molecule has 6 nitrogen and oxygen atoms in total. The summed E-state index contributed by atoms with van der Waals surface area (Å²) in [4.78, 5) is 18.7. The van der Waals surface area contributed by atoms with Crippen molar-refractivity contribution >= 4 is 34.1 Å². The molecular weight excluding hydrogens is 316 g/mol. The third-order valence-electron chi connectivity index (χ3n) is 3.92. The first-order chi connectivity index (χ1) is 11.9. The highest BCUT2D eigenvalue weighted by Crippen LogP contribution is 2.21. The van der Waals surface area contributed by atoms with Crippen LogP contribution in [0, 0.1) is 6.92 Å². The van der Waals surface area contributed by atoms with Gasteiger partial charge in [0.25, 0.3) is 0 Å². The highest BCUT2D eigenvalue weighted by atomic mass is 16.3. The Hall–Kier alpha value is -3.02. The summed E-state index contributed by atoms with van der Waals surface area (Å²) in [6.07, 6.45) is 0. The number of carbonyl (C=O) groups is 1. The van der Waals surface area contributed by atoms with E-state index in [2.05, 4.69) is 15.6 Å². The Morgan fingerprint density at radius 1 is 1.12 bits per heavy atom. The summed E-state index contributed by atoms with van der Waals surface area (Å²) >= 11 is 0. The summed E-state index contributed by atoms with van der Waals surface area (Å²) in [6.45, 7) is 3.63. The molecule has 3 rings (SSSR count). The van der Waals surface area contributed by atoms with E-state index in [4.69, 9.17) is 4.42 Å². The number of fused-ring (bicyclic) bond motifs is 1. The Morgan fingerprint density at radius 3 is 2.48 bits per heavy atom. The molecular formula is C19H22N4O2. The van der Waals surface area contributed by atoms with Crippen molar-refractivity contribution < 1.29 is 9.21 Å². The molecule has 1 aromatic heterocycles. The van der Waals surface area contributed by atoms with Gasteiger partial charge >= 0.3 is 0 Å². The number of aryl methyl sites for hydroxylation is 1. The molecule has 130 valence electrons. The monoisotopic (exact) mass is 338 g/mol. The number of nitrogens with zero attached hydrogens (tertiary/aromatic N) is 2. The zero-order valence-electron chi connectivity index (χ0n) is 14.8. The summed E-state index contributed by atoms with van der Waals surface area (Å²) in [5.41, 5.74) is 4.19. The van der Waals surface area contributed by atoms with Crippen LogP contribution in [0.4, 0.5) is 17.1 Å². The van der Waals surface area contributed by atoms with Gasteiger partial charge in [-0.15, -0.1) is 0 Å². The zero-order valence-corrected chi connectivity index (χ0v) is 14.8. The first-order valence-corrected chi connectivity index (χ1v) is 8.14. The summed E-state index contributed by atoms with van der Waals surface area (Å²) in [5, 5.41) is 6.11. The van der Waals surface area contributed by atoms with Gasteiger partial charge in [0.15, 0.2) is 11.5 Å². The Labute approximate surface area is 146 Å². The minimum absolute atomic E-state index is 0.103. The molecule has 0 saturated carbocycles. The van der Waals surface area contributed by atoms with Crippen LogP contribution in [0.5, 0.6) is 0 Å². The van der Waals surface area contributed by atoms with Gasteiger partial charge in [-0.3, -0.25) is 4.79 Å². The number of hydrogen-bond donors (Lipinski definition) is 2. The second-order valence-corrected chi connectivity index (χ2v) is 6.21. The lowest BCUT2D eigenvalue weighted by Crippen LogP contribution is -2.31. The average Bonchev–Trinajstić information content (AvgIpc) is 2.94. The molecule has 1 heterocycles. The third kappa shape index (κ3) is 3.91. The quantitative estimate of drug-likeness (QED) is 0.743. The van der Waals surface area contributed by atoms with Gasteiger partial charge in [0.2, 0.25) is 5.91 Å². The fraction of sp³-hybridized carbons (Fsp3) is 0.263. The Balaban J connectivity index is 1.64. The van der Waals surface area contributed by atoms with E-state index in [9.17, 15) is 4.79 Å². The zero-order chi connectivity index (χ0) is 18.0. The number of oxazole rings is 1. The van der Waals surface area contributed by atoms with E-state index in [1.54, 1.807) is 0 Å². The number of hydrogen-bond acceptors (Lipinski definition) is 5. The van der Waals surface area contributed by atoms with Crippen LogP contribution in [0.1, 0.15) is 12.8 Å². The Morgan fingerprint density at radius 2 is 1.80 bits per heavy atom. The molecule has 2 aromatic carbocycles. The highest BCUT2D eigenvalue weighted by Gasteiger charge is 2.14. The molecule has 3 aromatic rings. The molecule has 1 amide bonds. The topological polar surface area (TPSA) is 70.4 Å². The second kappa shape index (κ2) is 6.84. The molecule has 0 bridgehead atoms. The molecule has 25 heavy (non-hydrogen) atoms. The first-order valence-electron chi connectivity index (χ1n) is 8.14. The number of aromatic nitrogens is 1. The van der Waals surface area contributed by atoms with Gasteiger partial charge in [0.05, 0.1) is 0 Å². The van der Waals surface area contributed by atoms with Crippen molar-refractivity contribution in [3.8, 4) is 0 Å². The van der Waals surface area contributed by atoms with Crippen LogP contribution in [0.15, 0.2) is 46.9 Å². The van der Waals surface area contributed by atoms with E-state index in [-0.39, 0.29) is 11.9 Å². The fourth-order valence-corrected chi connectivity index (χ4v) is 2.54. The van der Waals surface area contributed by atoms with Gasteiger partial charge in [-0.25, -0.2) is 4.98 Å². The SMILES string of the molecule is Cc1nc2cc(N[C@H](C)C(=O)Nc3ccc(N(C)C)cc3)ccc2o1. The number of amides is 1. The first kappa shape index (κ1) is 16.8. The lowest BCUT2D eigenvalue weighted by Gasteiger charge is -2.16. The molecule has 0 radical (unpaired) electrons. The van der Waals surface area contributed by atoms with Gasteiger partial charge < -0.3 is 20.0 Å². The van der Waals surface area contributed by atoms with E-state index in [0.717, 1.165) is 28.2 Å². The number of rotatable bonds is 5. The molecule has 0 aliphatic carbocycles. The van der Waals surface area contributed by atoms with E-state index in [0.29, 0.717) is 5.89 Å². The predicted molar refractivity (Wildman–Crippen MR) is 101 cm³/mol. The standard InChI is InChI=1S/C19H22N4O2/c1-12(19(24)22-14-5-8-16(9-6-14)23(3)4)20-15-7-10-18-17(11-15)21-13(2)25-18/h5-12,20H,1-4H3,(H,22,24)/t12-/m1/s1. The molecule has 0 spiro atoms. The van der Waals surface area contributed by atoms with Gasteiger partial charge in [0, 0.05) is 38.1 Å². The van der Waals surface area contributed by atoms with E-state index in [1.807, 2.05) is 75.3 Å². The maximum absolute atomic E-state index is 12.4. The third-order valence-corrected chi connectivity index (χ3v) is 3.92. The normalized spacial score (nSPS) is 12.0. The Bertz CT molecular complexity index is 884. The van der Waals surface area contributed by atoms with Crippen molar-refractivity contribution in [2.75, 3.05) is 29.6 Å². The molecule has 0 fully saturated rings. The molecule has 2 N–H and O–H groups in total. The molecule has 0 aliphatic heterocycles. The Kier molecular flexibility index (Phi) is 4.61. The van der Waals surface area contributed by atoms with Crippen molar-refractivity contribution in [3.05, 3.63) is 48.4 Å². The van der Waals surface area contributed by atoms with E-state index in [1.165, 1.54) is 0 Å². The largest absolute Gasteiger partial charge is 0.441 e. The highest BCUT2D eigenvalue weighted by molar-refractivity contribution is 5.96. The molecule has 1 atom stereocenters. The van der Waals surface area contributed by atoms with Crippen molar-refractivity contribution in [1.82, 2.24) is 4.98 Å². The fourth-order valence-electron chi connectivity index (χ4n) is 2.54. The number of anilines is 3. The molecule has 0 unspecified atom stereocenters. The van der Waals surface area contributed by atoms with Crippen LogP contribution >= 0.6 is 0 Å². The van der Waals surface area contributed by atoms with Crippen LogP contribution in [0.25, 0.3) is 11.1 Å². The van der Waals surface area contributed by atoms with E-state index < -0.39 is 0 Å². The van der Waals surface area contributed by atoms with Crippen molar-refractivity contribution in [1.29, 1.82) is 0 Å². The summed E-state index contributed by atoms with van der Waals surface area (Å²) in [6, 6.07) is 12.9. The van der Waals surface area contributed by atoms with E-state index >= 15 is 0 Å². The minimum atomic E-state index is -0.390. The smallest absolute Gasteiger partial charge is 0.246 e. The van der Waals surface area contributed by atoms with Gasteiger partial charge in [-0.1, -0.05) is 0 Å². The molecule has 6 heteroatoms. The second-order valence-electron chi connectivity index (χ2n) is 6.21. The van der Waals surface area contributed by atoms with Crippen LogP contribution in [-0.2, 0) is 4.79 Å². The average molecular weight is 338 g/mol. The minimum Gasteiger partial charge on any atom is -0.441 e. The number of carbonyl (C=O) groups excluding carboxylic acids is 1. The predicted octanol–water partition coefficient (Wildman–Crippen LogP) is 3.64. The van der Waals surface area contributed by atoms with Crippen LogP contribution in [-0.4, -0.2) is 31.0 Å². The van der Waals surface area contributed by atoms with Gasteiger partial charge in [0.1, 0.15) is 11.6 Å². The summed E-state index contributed by atoms with van der Waals surface area (Å²) in [5.74, 6) is 0.521. The van der Waals surface area contributed by atoms with Gasteiger partial charge in [-0.2, -0.15) is 0 Å². The molecule has 0 aliphatic rings. The summed E-state index contributed by atoms with van der Waals surface area (Å²) in [7, 11) is 3.96. The van der Waals surface area contributed by atoms with Crippen LogP contribution < -0.4 is 15.5 Å². The maximum Gasteiger partial charge on any atom is 0.246 e. The van der Waals surface area contributed by atoms with Crippen LogP contribution in [0.2, 0.25) is 0 Å². The number of nitrogens with one attached hydrogen (secondary N) is 2. The molecule has 0 saturated heterocycles. The van der Waals surface area contributed by atoms with Crippen LogP contribution in [0.3, 0.4) is 0 Å².